The summed E-state index contributed by atoms with van der Waals surface area (Å²) in [5.41, 5.74) is 3.62. The lowest BCUT2D eigenvalue weighted by Gasteiger charge is -2.13. The van der Waals surface area contributed by atoms with Crippen LogP contribution in [0.25, 0.3) is 22.8 Å². The number of benzene rings is 1. The number of hydrogen-bond acceptors (Lipinski definition) is 7. The Morgan fingerprint density at radius 1 is 1.03 bits per heavy atom. The third-order valence-electron chi connectivity index (χ3n) is 5.32. The highest BCUT2D eigenvalue weighted by Crippen LogP contribution is 2.29. The molecule has 0 amide bonds. The first kappa shape index (κ1) is 22.5. The second-order valence-corrected chi connectivity index (χ2v) is 7.45. The summed E-state index contributed by atoms with van der Waals surface area (Å²) in [7, 11) is 3.28. The van der Waals surface area contributed by atoms with Crippen LogP contribution in [0, 0.1) is 25.2 Å². The van der Waals surface area contributed by atoms with Gasteiger partial charge in [-0.2, -0.15) is 15.5 Å². The van der Waals surface area contributed by atoms with Crippen molar-refractivity contribution in [2.24, 2.45) is 7.05 Å². The molecule has 0 atom stereocenters. The minimum atomic E-state index is -0.624. The number of esters is 1. The van der Waals surface area contributed by atoms with E-state index in [0.29, 0.717) is 28.4 Å². The molecule has 0 radical (unpaired) electrons. The van der Waals surface area contributed by atoms with Crippen molar-refractivity contribution in [1.29, 1.82) is 5.26 Å². The van der Waals surface area contributed by atoms with E-state index < -0.39 is 5.97 Å². The van der Waals surface area contributed by atoms with Crippen molar-refractivity contribution in [3.63, 3.8) is 0 Å². The van der Waals surface area contributed by atoms with Gasteiger partial charge in [0, 0.05) is 25.0 Å². The van der Waals surface area contributed by atoms with Crippen molar-refractivity contribution in [3.8, 4) is 23.2 Å². The Labute approximate surface area is 196 Å². The fourth-order valence-corrected chi connectivity index (χ4v) is 3.47. The van der Waals surface area contributed by atoms with Crippen molar-refractivity contribution in [2.75, 3.05) is 7.11 Å². The van der Waals surface area contributed by atoms with Crippen LogP contribution in [-0.2, 0) is 11.8 Å². The molecule has 0 saturated heterocycles. The molecule has 0 aliphatic heterocycles. The van der Waals surface area contributed by atoms with Crippen LogP contribution in [0.4, 0.5) is 0 Å². The number of rotatable bonds is 6. The van der Waals surface area contributed by atoms with E-state index in [2.05, 4.69) is 21.3 Å². The topological polar surface area (TPSA) is 108 Å². The van der Waals surface area contributed by atoms with Crippen molar-refractivity contribution >= 4 is 17.4 Å². The van der Waals surface area contributed by atoms with E-state index in [1.54, 1.807) is 61.6 Å². The Balaban J connectivity index is 1.83. The molecular weight excluding hydrogens is 432 g/mol. The molecule has 0 spiro atoms. The van der Waals surface area contributed by atoms with E-state index in [4.69, 9.17) is 9.47 Å². The smallest absolute Gasteiger partial charge is 0.343 e. The first-order chi connectivity index (χ1) is 16.4. The maximum Gasteiger partial charge on any atom is 0.343 e. The van der Waals surface area contributed by atoms with E-state index >= 15 is 0 Å². The van der Waals surface area contributed by atoms with Crippen LogP contribution in [0.3, 0.4) is 0 Å². The van der Waals surface area contributed by atoms with E-state index in [0.717, 1.165) is 11.3 Å². The number of ether oxygens (including phenoxy) is 2. The number of carbonyl (C=O) groups is 1. The quantitative estimate of drug-likeness (QED) is 0.246. The van der Waals surface area contributed by atoms with Crippen molar-refractivity contribution in [1.82, 2.24) is 24.5 Å². The lowest BCUT2D eigenvalue weighted by molar-refractivity contribution is 0.0691. The number of hydrogen-bond donors (Lipinski definition) is 0. The number of aryl methyl sites for hydroxylation is 2. The average molecular weight is 454 g/mol. The predicted octanol–water partition coefficient (Wildman–Crippen LogP) is 4.01. The van der Waals surface area contributed by atoms with Gasteiger partial charge < -0.3 is 9.47 Å². The van der Waals surface area contributed by atoms with Crippen LogP contribution in [0.2, 0.25) is 0 Å². The Kier molecular flexibility index (Phi) is 6.23. The normalized spacial score (nSPS) is 11.5. The maximum atomic E-state index is 13.1. The summed E-state index contributed by atoms with van der Waals surface area (Å²) >= 11 is 0. The van der Waals surface area contributed by atoms with Crippen molar-refractivity contribution in [3.05, 3.63) is 83.4 Å². The zero-order valence-electron chi connectivity index (χ0n) is 19.2. The predicted molar refractivity (Wildman–Crippen MR) is 125 cm³/mol. The molecule has 0 bridgehead atoms. The summed E-state index contributed by atoms with van der Waals surface area (Å²) in [5, 5.41) is 19.0. The minimum Gasteiger partial charge on any atom is -0.497 e. The average Bonchev–Trinajstić information content (AvgIpc) is 3.44. The number of nitrogens with zero attached hydrogens (tertiary/aromatic N) is 6. The molecule has 4 rings (SSSR count). The second-order valence-electron chi connectivity index (χ2n) is 7.45. The largest absolute Gasteiger partial charge is 0.497 e. The number of pyridine rings is 1. The summed E-state index contributed by atoms with van der Waals surface area (Å²) in [6.07, 6.45) is 3.29. The van der Waals surface area contributed by atoms with Gasteiger partial charge in [0.25, 0.3) is 0 Å². The molecule has 0 saturated carbocycles. The van der Waals surface area contributed by atoms with E-state index in [9.17, 15) is 10.1 Å². The van der Waals surface area contributed by atoms with Gasteiger partial charge in [-0.05, 0) is 56.3 Å². The zero-order valence-corrected chi connectivity index (χ0v) is 19.2. The van der Waals surface area contributed by atoms with Gasteiger partial charge in [-0.25, -0.2) is 9.48 Å². The third-order valence-corrected chi connectivity index (χ3v) is 5.32. The molecule has 0 aliphatic rings. The molecule has 9 heteroatoms. The molecule has 0 aliphatic carbocycles. The van der Waals surface area contributed by atoms with Gasteiger partial charge in [0.05, 0.1) is 24.1 Å². The molecule has 9 nitrogen and oxygen atoms in total. The van der Waals surface area contributed by atoms with E-state index in [1.165, 1.54) is 4.68 Å². The molecule has 0 unspecified atom stereocenters. The Hall–Kier alpha value is -4.71. The second kappa shape index (κ2) is 9.42. The minimum absolute atomic E-state index is 0.0372. The van der Waals surface area contributed by atoms with E-state index in [-0.39, 0.29) is 11.5 Å². The number of methoxy groups -OCH3 is 1. The molecule has 0 fully saturated rings. The summed E-state index contributed by atoms with van der Waals surface area (Å²) in [4.78, 5) is 17.4. The van der Waals surface area contributed by atoms with Gasteiger partial charge in [0.15, 0.2) is 11.5 Å². The molecule has 1 aromatic carbocycles. The van der Waals surface area contributed by atoms with Crippen LogP contribution in [0.5, 0.6) is 5.75 Å². The Morgan fingerprint density at radius 2 is 1.79 bits per heavy atom. The van der Waals surface area contributed by atoms with Crippen LogP contribution in [-0.4, -0.2) is 37.6 Å². The van der Waals surface area contributed by atoms with Crippen LogP contribution < -0.4 is 4.74 Å². The highest BCUT2D eigenvalue weighted by molar-refractivity contribution is 5.97. The fourth-order valence-electron chi connectivity index (χ4n) is 3.47. The zero-order chi connectivity index (χ0) is 24.2. The van der Waals surface area contributed by atoms with Gasteiger partial charge >= 0.3 is 5.97 Å². The van der Waals surface area contributed by atoms with Crippen molar-refractivity contribution < 1.29 is 14.3 Å². The molecule has 170 valence electrons. The Bertz CT molecular complexity index is 1410. The van der Waals surface area contributed by atoms with Gasteiger partial charge in [-0.1, -0.05) is 6.07 Å². The standard InChI is InChI=1S/C25H22N6O3/c1-16-17(2)28-30(3)23(16)24(34-25(32)18-8-10-19(33-4)11-9-18)22(15-26)31-14-12-21(29-31)20-7-5-6-13-27-20/h5-14H,1-4H3. The van der Waals surface area contributed by atoms with Gasteiger partial charge in [0.2, 0.25) is 0 Å². The first-order valence-corrected chi connectivity index (χ1v) is 10.4. The highest BCUT2D eigenvalue weighted by atomic mass is 16.5. The number of carbonyl (C=O) groups excluding carboxylic acids is 1. The summed E-state index contributed by atoms with van der Waals surface area (Å²) < 4.78 is 13.9. The molecule has 3 aromatic heterocycles. The van der Waals surface area contributed by atoms with Crippen LogP contribution in [0.1, 0.15) is 27.3 Å². The van der Waals surface area contributed by atoms with Gasteiger partial charge in [0.1, 0.15) is 23.2 Å². The van der Waals surface area contributed by atoms with Gasteiger partial charge in [-0.15, -0.1) is 0 Å². The molecule has 0 N–H and O–H groups in total. The molecule has 3 heterocycles. The summed E-state index contributed by atoms with van der Waals surface area (Å²) in [5.74, 6) is 0.0436. The van der Waals surface area contributed by atoms with Crippen LogP contribution in [0.15, 0.2) is 60.9 Å². The first-order valence-electron chi connectivity index (χ1n) is 10.4. The molecule has 4 aromatic rings. The maximum absolute atomic E-state index is 13.1. The lowest BCUT2D eigenvalue weighted by Crippen LogP contribution is -2.12. The lowest BCUT2D eigenvalue weighted by atomic mass is 10.1. The van der Waals surface area contributed by atoms with Gasteiger partial charge in [-0.3, -0.25) is 9.67 Å². The number of allylic oxidation sites excluding steroid dienone is 1. The fraction of sp³-hybridized carbons (Fsp3) is 0.160. The third kappa shape index (κ3) is 4.29. The van der Waals surface area contributed by atoms with Crippen LogP contribution >= 0.6 is 0 Å². The summed E-state index contributed by atoms with van der Waals surface area (Å²) in [6.45, 7) is 3.71. The Morgan fingerprint density at radius 3 is 2.38 bits per heavy atom. The van der Waals surface area contributed by atoms with E-state index in [1.807, 2.05) is 32.0 Å². The molecule has 34 heavy (non-hydrogen) atoms. The molecular formula is C25H22N6O3. The number of aromatic nitrogens is 5. The number of nitriles is 1. The van der Waals surface area contributed by atoms with Crippen molar-refractivity contribution in [2.45, 2.75) is 13.8 Å². The SMILES string of the molecule is COc1ccc(C(=O)OC(=C(C#N)n2ccc(-c3ccccn3)n2)c2c(C)c(C)nn2C)cc1. The summed E-state index contributed by atoms with van der Waals surface area (Å²) in [6, 6.07) is 15.9. The highest BCUT2D eigenvalue weighted by Gasteiger charge is 2.25. The monoisotopic (exact) mass is 454 g/mol.